The molecule has 19 heavy (non-hydrogen) atoms. The highest BCUT2D eigenvalue weighted by Gasteiger charge is 2.16. The summed E-state index contributed by atoms with van der Waals surface area (Å²) in [6.45, 7) is 3.33. The monoisotopic (exact) mass is 263 g/mol. The normalized spacial score (nSPS) is 9.42. The van der Waals surface area contributed by atoms with Crippen LogP contribution in [0.5, 0.6) is 5.75 Å². The van der Waals surface area contributed by atoms with Crippen molar-refractivity contribution >= 4 is 5.69 Å². The minimum Gasteiger partial charge on any atom is -0.505 e. The second-order valence-corrected chi connectivity index (χ2v) is 3.95. The van der Waals surface area contributed by atoms with Crippen LogP contribution in [0.2, 0.25) is 0 Å². The molecular weight excluding hydrogens is 249 g/mol. The van der Waals surface area contributed by atoms with E-state index in [9.17, 15) is 14.5 Å². The Labute approximate surface area is 110 Å². The number of halogens is 1. The van der Waals surface area contributed by atoms with Crippen molar-refractivity contribution in [1.29, 1.82) is 0 Å². The molecule has 1 N–H and O–H groups in total. The van der Waals surface area contributed by atoms with E-state index in [4.69, 9.17) is 5.11 Å². The molecule has 100 valence electrons. The Morgan fingerprint density at radius 3 is 2.11 bits per heavy atom. The first-order valence-corrected chi connectivity index (χ1v) is 5.57. The summed E-state index contributed by atoms with van der Waals surface area (Å²) in [5.74, 6) is -1.51. The first-order valence-electron chi connectivity index (χ1n) is 5.57. The number of phenols is 1. The van der Waals surface area contributed by atoms with Gasteiger partial charge in [-0.25, -0.2) is 4.39 Å². The Hall–Kier alpha value is -2.43. The van der Waals surface area contributed by atoms with Crippen LogP contribution in [-0.2, 0) is 0 Å². The second-order valence-electron chi connectivity index (χ2n) is 3.95. The molecule has 2 rings (SSSR count). The first kappa shape index (κ1) is 14.6. The number of phenolic OH excluding ortho intramolecular Hbond substituents is 1. The lowest BCUT2D eigenvalue weighted by Gasteiger charge is -1.99. The van der Waals surface area contributed by atoms with Crippen molar-refractivity contribution in [2.75, 3.05) is 0 Å². The fourth-order valence-corrected chi connectivity index (χ4v) is 1.39. The zero-order valence-electron chi connectivity index (χ0n) is 10.6. The lowest BCUT2D eigenvalue weighted by Crippen LogP contribution is -1.94. The van der Waals surface area contributed by atoms with Crippen LogP contribution in [-0.4, -0.2) is 10.0 Å². The van der Waals surface area contributed by atoms with Gasteiger partial charge in [-0.3, -0.25) is 10.1 Å². The Kier molecular flexibility index (Phi) is 5.00. The largest absolute Gasteiger partial charge is 0.505 e. The summed E-state index contributed by atoms with van der Waals surface area (Å²) >= 11 is 0. The molecule has 0 spiro atoms. The molecule has 0 amide bonds. The molecule has 0 unspecified atom stereocenters. The Morgan fingerprint density at radius 1 is 1.11 bits per heavy atom. The molecule has 0 saturated heterocycles. The number of benzene rings is 2. The van der Waals surface area contributed by atoms with Crippen molar-refractivity contribution < 1.29 is 14.4 Å². The van der Waals surface area contributed by atoms with Crippen molar-refractivity contribution in [2.45, 2.75) is 13.8 Å². The third-order valence-corrected chi connectivity index (χ3v) is 2.47. The van der Waals surface area contributed by atoms with Gasteiger partial charge in [0.2, 0.25) is 0 Å². The lowest BCUT2D eigenvalue weighted by atomic mass is 10.2. The smallest absolute Gasteiger partial charge is 0.275 e. The zero-order valence-corrected chi connectivity index (χ0v) is 10.6. The highest BCUT2D eigenvalue weighted by molar-refractivity contribution is 5.45. The number of aromatic hydroxyl groups is 1. The molecule has 4 nitrogen and oxygen atoms in total. The number of nitro benzene ring substituents is 1. The maximum Gasteiger partial charge on any atom is 0.275 e. The van der Waals surface area contributed by atoms with Gasteiger partial charge in [0, 0.05) is 6.07 Å². The van der Waals surface area contributed by atoms with E-state index in [1.54, 1.807) is 0 Å². The van der Waals surface area contributed by atoms with Crippen molar-refractivity contribution in [2.24, 2.45) is 0 Å². The van der Waals surface area contributed by atoms with Gasteiger partial charge in [0.1, 0.15) is 0 Å². The van der Waals surface area contributed by atoms with Crippen LogP contribution in [0.4, 0.5) is 10.1 Å². The number of nitro groups is 1. The maximum absolute atomic E-state index is 12.8. The van der Waals surface area contributed by atoms with Crippen LogP contribution in [0.1, 0.15) is 11.1 Å². The summed E-state index contributed by atoms with van der Waals surface area (Å²) in [5.41, 5.74) is 0.841. The molecule has 0 saturated carbocycles. The van der Waals surface area contributed by atoms with Gasteiger partial charge in [-0.1, -0.05) is 35.9 Å². The molecule has 0 atom stereocenters. The molecule has 0 fully saturated rings. The SMILES string of the molecule is Cc1c([N+](=O)[O-])ccc(O)c1F.Cc1ccccc1. The second kappa shape index (κ2) is 6.49. The van der Waals surface area contributed by atoms with Crippen molar-refractivity contribution in [3.05, 3.63) is 69.5 Å². The molecule has 0 aliphatic rings. The number of nitrogens with zero attached hydrogens (tertiary/aromatic N) is 1. The van der Waals surface area contributed by atoms with Gasteiger partial charge in [0.25, 0.3) is 5.69 Å². The van der Waals surface area contributed by atoms with Gasteiger partial charge >= 0.3 is 0 Å². The van der Waals surface area contributed by atoms with Crippen LogP contribution in [0.25, 0.3) is 0 Å². The van der Waals surface area contributed by atoms with E-state index < -0.39 is 16.5 Å². The molecule has 2 aromatic rings. The van der Waals surface area contributed by atoms with Crippen LogP contribution in [0.3, 0.4) is 0 Å². The first-order chi connectivity index (χ1) is 8.93. The van der Waals surface area contributed by atoms with Crippen molar-refractivity contribution in [3.63, 3.8) is 0 Å². The third kappa shape index (κ3) is 4.06. The topological polar surface area (TPSA) is 63.4 Å². The van der Waals surface area contributed by atoms with Crippen molar-refractivity contribution in [3.8, 4) is 5.75 Å². The van der Waals surface area contributed by atoms with E-state index in [0.29, 0.717) is 0 Å². The lowest BCUT2D eigenvalue weighted by molar-refractivity contribution is -0.385. The quantitative estimate of drug-likeness (QED) is 0.629. The van der Waals surface area contributed by atoms with Gasteiger partial charge in [0.15, 0.2) is 11.6 Å². The predicted octanol–water partition coefficient (Wildman–Crippen LogP) is 3.74. The summed E-state index contributed by atoms with van der Waals surface area (Å²) in [4.78, 5) is 9.55. The molecule has 5 heteroatoms. The Morgan fingerprint density at radius 2 is 1.68 bits per heavy atom. The summed E-state index contributed by atoms with van der Waals surface area (Å²) < 4.78 is 12.8. The number of rotatable bonds is 1. The van der Waals surface area contributed by atoms with Crippen LogP contribution >= 0.6 is 0 Å². The molecule has 0 heterocycles. The van der Waals surface area contributed by atoms with E-state index in [2.05, 4.69) is 19.1 Å². The summed E-state index contributed by atoms with van der Waals surface area (Å²) in [7, 11) is 0. The fraction of sp³-hybridized carbons (Fsp3) is 0.143. The van der Waals surface area contributed by atoms with Gasteiger partial charge in [-0.05, 0) is 19.9 Å². The zero-order chi connectivity index (χ0) is 14.4. The van der Waals surface area contributed by atoms with Crippen molar-refractivity contribution in [1.82, 2.24) is 0 Å². The van der Waals surface area contributed by atoms with Gasteiger partial charge in [-0.2, -0.15) is 0 Å². The average Bonchev–Trinajstić information content (AvgIpc) is 2.37. The summed E-state index contributed by atoms with van der Waals surface area (Å²) in [6, 6.07) is 12.3. The predicted molar refractivity (Wildman–Crippen MR) is 70.6 cm³/mol. The van der Waals surface area contributed by atoms with Gasteiger partial charge in [0.05, 0.1) is 10.5 Å². The van der Waals surface area contributed by atoms with Crippen LogP contribution in [0.15, 0.2) is 42.5 Å². The summed E-state index contributed by atoms with van der Waals surface area (Å²) in [6.07, 6.45) is 0. The molecule has 0 aliphatic carbocycles. The molecule has 0 bridgehead atoms. The number of hydrogen-bond acceptors (Lipinski definition) is 3. The Balaban J connectivity index is 0.000000218. The van der Waals surface area contributed by atoms with Crippen LogP contribution in [0, 0.1) is 29.8 Å². The van der Waals surface area contributed by atoms with E-state index >= 15 is 0 Å². The maximum atomic E-state index is 12.8. The van der Waals surface area contributed by atoms with Crippen LogP contribution < -0.4 is 0 Å². The molecule has 2 aromatic carbocycles. The minimum atomic E-state index is -0.941. The van der Waals surface area contributed by atoms with E-state index in [1.165, 1.54) is 12.5 Å². The molecular formula is C14H14FNO3. The fourth-order valence-electron chi connectivity index (χ4n) is 1.39. The van der Waals surface area contributed by atoms with E-state index in [-0.39, 0.29) is 11.3 Å². The van der Waals surface area contributed by atoms with E-state index in [0.717, 1.165) is 12.1 Å². The highest BCUT2D eigenvalue weighted by atomic mass is 19.1. The molecule has 0 radical (unpaired) electrons. The molecule has 0 aliphatic heterocycles. The summed E-state index contributed by atoms with van der Waals surface area (Å²) in [5, 5.41) is 19.1. The Bertz CT molecular complexity index is 570. The standard InChI is InChI=1S/C7H6FNO3.C7H8/c1-4-5(9(11)12)2-3-6(10)7(4)8;1-7-5-3-2-4-6-7/h2-3,10H,1H3;2-6H,1H3. The van der Waals surface area contributed by atoms with Gasteiger partial charge in [-0.15, -0.1) is 0 Å². The van der Waals surface area contributed by atoms with E-state index in [1.807, 2.05) is 18.2 Å². The number of aryl methyl sites for hydroxylation is 1. The molecule has 0 aromatic heterocycles. The number of hydrogen-bond donors (Lipinski definition) is 1. The average molecular weight is 263 g/mol. The highest BCUT2D eigenvalue weighted by Crippen LogP contribution is 2.26. The third-order valence-electron chi connectivity index (χ3n) is 2.47. The minimum absolute atomic E-state index is 0.153. The van der Waals surface area contributed by atoms with Gasteiger partial charge < -0.3 is 5.11 Å².